The van der Waals surface area contributed by atoms with Crippen LogP contribution in [0, 0.1) is 16.0 Å². The van der Waals surface area contributed by atoms with Crippen LogP contribution in [0.15, 0.2) is 24.3 Å². The van der Waals surface area contributed by atoms with Gasteiger partial charge in [0.05, 0.1) is 17.2 Å². The number of benzene rings is 1. The second kappa shape index (κ2) is 7.12. The molecule has 1 N–H and O–H groups in total. The molecule has 0 unspecified atom stereocenters. The van der Waals surface area contributed by atoms with E-state index in [1.54, 1.807) is 6.07 Å². The Kier molecular flexibility index (Phi) is 5.18. The zero-order chi connectivity index (χ0) is 17.9. The van der Waals surface area contributed by atoms with E-state index in [1.165, 1.54) is 29.9 Å². The maximum absolute atomic E-state index is 11.3. The van der Waals surface area contributed by atoms with Crippen LogP contribution < -0.4 is 4.74 Å². The Morgan fingerprint density at radius 1 is 1.42 bits per heavy atom. The van der Waals surface area contributed by atoms with Crippen molar-refractivity contribution >= 4 is 11.7 Å². The van der Waals surface area contributed by atoms with Gasteiger partial charge in [-0.1, -0.05) is 13.8 Å². The molecule has 1 aromatic heterocycles. The van der Waals surface area contributed by atoms with E-state index in [9.17, 15) is 14.9 Å². The van der Waals surface area contributed by atoms with Crippen LogP contribution in [0.25, 0.3) is 11.3 Å². The Balaban J connectivity index is 2.33. The summed E-state index contributed by atoms with van der Waals surface area (Å²) in [5.41, 5.74) is 0.649. The minimum Gasteiger partial charge on any atom is -0.487 e. The van der Waals surface area contributed by atoms with Crippen LogP contribution in [-0.4, -0.2) is 32.4 Å². The van der Waals surface area contributed by atoms with Crippen LogP contribution in [0.4, 0.5) is 5.69 Å². The third kappa shape index (κ3) is 3.89. The summed E-state index contributed by atoms with van der Waals surface area (Å²) in [6.45, 7) is 4.48. The van der Waals surface area contributed by atoms with Crippen molar-refractivity contribution in [2.75, 3.05) is 6.61 Å². The lowest BCUT2D eigenvalue weighted by atomic mass is 10.1. The molecule has 2 aromatic rings. The van der Waals surface area contributed by atoms with Gasteiger partial charge >= 0.3 is 11.7 Å². The summed E-state index contributed by atoms with van der Waals surface area (Å²) in [5.74, 6) is -0.482. The summed E-state index contributed by atoms with van der Waals surface area (Å²) in [7, 11) is 1.50. The minimum atomic E-state index is -1.11. The predicted octanol–water partition coefficient (Wildman–Crippen LogP) is 3.12. The van der Waals surface area contributed by atoms with Crippen LogP contribution in [0.1, 0.15) is 30.8 Å². The molecule has 0 saturated carbocycles. The summed E-state index contributed by atoms with van der Waals surface area (Å²) in [5, 5.41) is 24.4. The van der Waals surface area contributed by atoms with Crippen LogP contribution >= 0.6 is 0 Å². The normalized spacial score (nSPS) is 10.8. The number of nitro benzene ring substituents is 1. The fraction of sp³-hybridized carbons (Fsp3) is 0.375. The van der Waals surface area contributed by atoms with E-state index in [0.717, 1.165) is 6.42 Å². The molecule has 8 nitrogen and oxygen atoms in total. The van der Waals surface area contributed by atoms with E-state index in [0.29, 0.717) is 23.8 Å². The number of carboxylic acid groups (broad SMARTS) is 1. The molecule has 0 bridgehead atoms. The van der Waals surface area contributed by atoms with Gasteiger partial charge in [-0.05, 0) is 30.5 Å². The predicted molar refractivity (Wildman–Crippen MR) is 87.2 cm³/mol. The van der Waals surface area contributed by atoms with Crippen molar-refractivity contribution in [3.63, 3.8) is 0 Å². The average Bonchev–Trinajstić information content (AvgIpc) is 2.89. The van der Waals surface area contributed by atoms with Gasteiger partial charge in [-0.3, -0.25) is 14.8 Å². The molecule has 0 saturated heterocycles. The zero-order valence-corrected chi connectivity index (χ0v) is 13.7. The van der Waals surface area contributed by atoms with Gasteiger partial charge in [-0.2, -0.15) is 5.10 Å². The Labute approximate surface area is 138 Å². The Bertz CT molecular complexity index is 767. The largest absolute Gasteiger partial charge is 0.487 e. The highest BCUT2D eigenvalue weighted by atomic mass is 16.6. The first-order chi connectivity index (χ1) is 11.3. The Morgan fingerprint density at radius 2 is 2.12 bits per heavy atom. The molecule has 24 heavy (non-hydrogen) atoms. The molecule has 2 rings (SSSR count). The number of nitrogens with zero attached hydrogens (tertiary/aromatic N) is 3. The second-order valence-electron chi connectivity index (χ2n) is 5.81. The van der Waals surface area contributed by atoms with Crippen LogP contribution in [0.3, 0.4) is 0 Å². The first kappa shape index (κ1) is 17.5. The SMILES string of the molecule is CC(C)CCOc1ccc(-c2cc(C(=O)O)n(C)n2)cc1[N+](=O)[O-]. The van der Waals surface area contributed by atoms with Crippen molar-refractivity contribution < 1.29 is 19.6 Å². The number of aromatic carboxylic acids is 1. The van der Waals surface area contributed by atoms with Crippen molar-refractivity contribution in [3.8, 4) is 17.0 Å². The highest BCUT2D eigenvalue weighted by molar-refractivity contribution is 5.87. The van der Waals surface area contributed by atoms with Crippen LogP contribution in [0.5, 0.6) is 5.75 Å². The lowest BCUT2D eigenvalue weighted by Gasteiger charge is -2.09. The second-order valence-corrected chi connectivity index (χ2v) is 5.81. The first-order valence-corrected chi connectivity index (χ1v) is 7.48. The molecule has 0 amide bonds. The molecule has 0 aliphatic rings. The number of aromatic nitrogens is 2. The fourth-order valence-corrected chi connectivity index (χ4v) is 2.15. The molecule has 0 aliphatic carbocycles. The van der Waals surface area contributed by atoms with Gasteiger partial charge in [0.1, 0.15) is 5.69 Å². The number of nitro groups is 1. The number of ether oxygens (including phenoxy) is 1. The van der Waals surface area contributed by atoms with Crippen molar-refractivity contribution in [1.29, 1.82) is 0 Å². The quantitative estimate of drug-likeness (QED) is 0.616. The van der Waals surface area contributed by atoms with E-state index >= 15 is 0 Å². The summed E-state index contributed by atoms with van der Waals surface area (Å²) in [6, 6.07) is 5.87. The molecular formula is C16H19N3O5. The van der Waals surface area contributed by atoms with E-state index < -0.39 is 10.9 Å². The highest BCUT2D eigenvalue weighted by Crippen LogP contribution is 2.32. The molecular weight excluding hydrogens is 314 g/mol. The summed E-state index contributed by atoms with van der Waals surface area (Å²) < 4.78 is 6.72. The van der Waals surface area contributed by atoms with Crippen LogP contribution in [0.2, 0.25) is 0 Å². The zero-order valence-electron chi connectivity index (χ0n) is 13.7. The van der Waals surface area contributed by atoms with Gasteiger partial charge in [0, 0.05) is 18.7 Å². The van der Waals surface area contributed by atoms with E-state index in [2.05, 4.69) is 5.10 Å². The van der Waals surface area contributed by atoms with Gasteiger partial charge in [0.15, 0.2) is 5.75 Å². The lowest BCUT2D eigenvalue weighted by molar-refractivity contribution is -0.385. The number of carboxylic acids is 1. The standard InChI is InChI=1S/C16H19N3O5/c1-10(2)6-7-24-15-5-4-11(8-13(15)19(22)23)12-9-14(16(20)21)18(3)17-12/h4-5,8-10H,6-7H2,1-3H3,(H,20,21). The van der Waals surface area contributed by atoms with Crippen LogP contribution in [-0.2, 0) is 7.05 Å². The molecule has 1 aromatic carbocycles. The summed E-state index contributed by atoms with van der Waals surface area (Å²) in [6.07, 6.45) is 0.793. The smallest absolute Gasteiger partial charge is 0.354 e. The number of carbonyl (C=O) groups is 1. The number of aryl methyl sites for hydroxylation is 1. The van der Waals surface area contributed by atoms with Gasteiger partial charge in [-0.15, -0.1) is 0 Å². The summed E-state index contributed by atoms with van der Waals surface area (Å²) in [4.78, 5) is 21.8. The topological polar surface area (TPSA) is 107 Å². The number of hydrogen-bond acceptors (Lipinski definition) is 5. The van der Waals surface area contributed by atoms with E-state index in [-0.39, 0.29) is 17.1 Å². The van der Waals surface area contributed by atoms with Crippen molar-refractivity contribution in [2.45, 2.75) is 20.3 Å². The van der Waals surface area contributed by atoms with Gasteiger partial charge in [0.2, 0.25) is 0 Å². The minimum absolute atomic E-state index is 0.00455. The van der Waals surface area contributed by atoms with Gasteiger partial charge < -0.3 is 9.84 Å². The Hall–Kier alpha value is -2.90. The van der Waals surface area contributed by atoms with E-state index in [4.69, 9.17) is 9.84 Å². The summed E-state index contributed by atoms with van der Waals surface area (Å²) >= 11 is 0. The number of hydrogen-bond donors (Lipinski definition) is 1. The first-order valence-electron chi connectivity index (χ1n) is 7.48. The van der Waals surface area contributed by atoms with Crippen molar-refractivity contribution in [3.05, 3.63) is 40.1 Å². The molecule has 128 valence electrons. The lowest BCUT2D eigenvalue weighted by Crippen LogP contribution is -2.04. The molecule has 8 heteroatoms. The molecule has 0 spiro atoms. The third-order valence-corrected chi connectivity index (χ3v) is 3.50. The van der Waals surface area contributed by atoms with Crippen molar-refractivity contribution in [2.24, 2.45) is 13.0 Å². The number of rotatable bonds is 7. The molecule has 1 heterocycles. The monoisotopic (exact) mass is 333 g/mol. The molecule has 0 aliphatic heterocycles. The van der Waals surface area contributed by atoms with E-state index in [1.807, 2.05) is 13.8 Å². The Morgan fingerprint density at radius 3 is 2.67 bits per heavy atom. The van der Waals surface area contributed by atoms with Gasteiger partial charge in [-0.25, -0.2) is 4.79 Å². The highest BCUT2D eigenvalue weighted by Gasteiger charge is 2.19. The maximum atomic E-state index is 11.3. The third-order valence-electron chi connectivity index (χ3n) is 3.50. The molecule has 0 atom stereocenters. The molecule has 0 radical (unpaired) electrons. The fourth-order valence-electron chi connectivity index (χ4n) is 2.15. The van der Waals surface area contributed by atoms with Gasteiger partial charge in [0.25, 0.3) is 0 Å². The average molecular weight is 333 g/mol. The molecule has 0 fully saturated rings. The maximum Gasteiger partial charge on any atom is 0.354 e. The van der Waals surface area contributed by atoms with Crippen molar-refractivity contribution in [1.82, 2.24) is 9.78 Å².